The number of nitrogens with one attached hydrogen (secondary N) is 1. The number of carbonyl (C=O) groups is 1. The van der Waals surface area contributed by atoms with E-state index in [0.717, 1.165) is 16.1 Å². The van der Waals surface area contributed by atoms with E-state index in [2.05, 4.69) is 10.3 Å². The number of carbonyl (C=O) groups excluding carboxylic acids is 1. The maximum absolute atomic E-state index is 12.3. The Balaban J connectivity index is 1.39. The highest BCUT2D eigenvalue weighted by Gasteiger charge is 2.15. The van der Waals surface area contributed by atoms with Crippen LogP contribution in [0.15, 0.2) is 57.7 Å². The maximum Gasteiger partial charge on any atom is 0.419 e. The number of aromatic nitrogens is 2. The molecule has 158 valence electrons. The predicted octanol–water partition coefficient (Wildman–Crippen LogP) is 4.35. The molecule has 0 bridgehead atoms. The number of nitro benzene ring substituents is 1. The van der Waals surface area contributed by atoms with Crippen molar-refractivity contribution in [1.29, 1.82) is 0 Å². The average molecular weight is 438 g/mol. The molecule has 31 heavy (non-hydrogen) atoms. The monoisotopic (exact) mass is 438 g/mol. The highest BCUT2D eigenvalue weighted by Crippen LogP contribution is 2.32. The standard InChI is InChI=1S/C21H18N4O5S/c1-13-19(14-6-3-2-4-7-14)31-20(22-13)23-18(26)8-5-11-24-16-10-9-15(25(28)29)12-17(16)30-21(24)27/h2-4,6-7,9-10,12H,5,8,11H2,1H3,(H,22,23,26). The molecule has 10 heteroatoms. The van der Waals surface area contributed by atoms with Crippen molar-refractivity contribution in [1.82, 2.24) is 9.55 Å². The van der Waals surface area contributed by atoms with E-state index in [1.165, 1.54) is 34.1 Å². The molecule has 1 amide bonds. The van der Waals surface area contributed by atoms with Crippen LogP contribution in [0.4, 0.5) is 10.8 Å². The Hall–Kier alpha value is -3.79. The summed E-state index contributed by atoms with van der Waals surface area (Å²) in [5.41, 5.74) is 2.34. The molecule has 9 nitrogen and oxygen atoms in total. The second-order valence-corrected chi connectivity index (χ2v) is 7.88. The van der Waals surface area contributed by atoms with Crippen LogP contribution in [-0.2, 0) is 11.3 Å². The van der Waals surface area contributed by atoms with Crippen molar-refractivity contribution in [2.45, 2.75) is 26.3 Å². The Morgan fingerprint density at radius 1 is 1.26 bits per heavy atom. The zero-order chi connectivity index (χ0) is 22.0. The molecule has 0 atom stereocenters. The minimum atomic E-state index is -0.612. The summed E-state index contributed by atoms with van der Waals surface area (Å²) in [6, 6.07) is 13.8. The molecule has 0 saturated heterocycles. The van der Waals surface area contributed by atoms with Crippen molar-refractivity contribution < 1.29 is 14.1 Å². The molecule has 2 heterocycles. The number of oxazole rings is 1. The van der Waals surface area contributed by atoms with Gasteiger partial charge < -0.3 is 9.73 Å². The lowest BCUT2D eigenvalue weighted by molar-refractivity contribution is -0.384. The summed E-state index contributed by atoms with van der Waals surface area (Å²) in [5.74, 6) is -0.816. The molecular weight excluding hydrogens is 420 g/mol. The number of amides is 1. The van der Waals surface area contributed by atoms with Gasteiger partial charge in [0.2, 0.25) is 5.91 Å². The van der Waals surface area contributed by atoms with Gasteiger partial charge in [0.15, 0.2) is 10.7 Å². The number of hydrogen-bond donors (Lipinski definition) is 1. The van der Waals surface area contributed by atoms with Crippen LogP contribution in [0.5, 0.6) is 0 Å². The fourth-order valence-electron chi connectivity index (χ4n) is 3.27. The molecule has 4 aromatic rings. The smallest absolute Gasteiger partial charge is 0.407 e. The number of benzene rings is 2. The SMILES string of the molecule is Cc1nc(NC(=O)CCCn2c(=O)oc3cc([N+](=O)[O-])ccc32)sc1-c1ccccc1. The lowest BCUT2D eigenvalue weighted by Gasteiger charge is -2.03. The van der Waals surface area contributed by atoms with Gasteiger partial charge in [-0.15, -0.1) is 0 Å². The predicted molar refractivity (Wildman–Crippen MR) is 117 cm³/mol. The highest BCUT2D eigenvalue weighted by molar-refractivity contribution is 7.19. The number of nitro groups is 1. The Bertz CT molecular complexity index is 1320. The Morgan fingerprint density at radius 3 is 2.77 bits per heavy atom. The summed E-state index contributed by atoms with van der Waals surface area (Å²) in [5, 5.41) is 14.2. The minimum Gasteiger partial charge on any atom is -0.407 e. The van der Waals surface area contributed by atoms with Crippen molar-refractivity contribution in [3.8, 4) is 10.4 Å². The number of aryl methyl sites for hydroxylation is 2. The second kappa shape index (κ2) is 8.52. The maximum atomic E-state index is 12.3. The van der Waals surface area contributed by atoms with E-state index in [-0.39, 0.29) is 30.1 Å². The van der Waals surface area contributed by atoms with Gasteiger partial charge >= 0.3 is 5.76 Å². The lowest BCUT2D eigenvalue weighted by atomic mass is 10.2. The van der Waals surface area contributed by atoms with E-state index in [0.29, 0.717) is 17.1 Å². The Labute approximate surface area is 180 Å². The van der Waals surface area contributed by atoms with Crippen molar-refractivity contribution in [3.05, 3.63) is 74.9 Å². The van der Waals surface area contributed by atoms with Crippen LogP contribution in [0.2, 0.25) is 0 Å². The van der Waals surface area contributed by atoms with Gasteiger partial charge in [-0.1, -0.05) is 41.7 Å². The third-order valence-electron chi connectivity index (χ3n) is 4.73. The van der Waals surface area contributed by atoms with Gasteiger partial charge in [0.1, 0.15) is 0 Å². The lowest BCUT2D eigenvalue weighted by Crippen LogP contribution is -2.17. The fraction of sp³-hybridized carbons (Fsp3) is 0.190. The molecule has 2 aromatic carbocycles. The molecule has 0 spiro atoms. The minimum absolute atomic E-state index is 0.148. The van der Waals surface area contributed by atoms with Crippen molar-refractivity contribution >= 4 is 39.2 Å². The topological polar surface area (TPSA) is 120 Å². The zero-order valence-corrected chi connectivity index (χ0v) is 17.3. The highest BCUT2D eigenvalue weighted by atomic mass is 32.1. The van der Waals surface area contributed by atoms with E-state index in [4.69, 9.17) is 4.42 Å². The van der Waals surface area contributed by atoms with Crippen molar-refractivity contribution in [3.63, 3.8) is 0 Å². The molecule has 0 radical (unpaired) electrons. The number of non-ortho nitro benzene ring substituents is 1. The van der Waals surface area contributed by atoms with E-state index in [9.17, 15) is 19.7 Å². The van der Waals surface area contributed by atoms with E-state index in [1.54, 1.807) is 0 Å². The summed E-state index contributed by atoms with van der Waals surface area (Å²) in [6.07, 6.45) is 0.582. The molecule has 4 rings (SSSR count). The van der Waals surface area contributed by atoms with Crippen molar-refractivity contribution in [2.24, 2.45) is 0 Å². The van der Waals surface area contributed by atoms with Gasteiger partial charge in [-0.2, -0.15) is 0 Å². The van der Waals surface area contributed by atoms with E-state index >= 15 is 0 Å². The summed E-state index contributed by atoms with van der Waals surface area (Å²) in [7, 11) is 0. The third kappa shape index (κ3) is 4.38. The van der Waals surface area contributed by atoms with Crippen LogP contribution < -0.4 is 11.1 Å². The number of hydrogen-bond acceptors (Lipinski definition) is 7. The normalized spacial score (nSPS) is 11.0. The van der Waals surface area contributed by atoms with Crippen LogP contribution in [0.3, 0.4) is 0 Å². The molecule has 0 fully saturated rings. The largest absolute Gasteiger partial charge is 0.419 e. The van der Waals surface area contributed by atoms with Crippen molar-refractivity contribution in [2.75, 3.05) is 5.32 Å². The molecular formula is C21H18N4O5S. The molecule has 1 N–H and O–H groups in total. The first-order valence-electron chi connectivity index (χ1n) is 9.53. The second-order valence-electron chi connectivity index (χ2n) is 6.88. The first-order chi connectivity index (χ1) is 14.9. The van der Waals surface area contributed by atoms with Gasteiger partial charge in [-0.25, -0.2) is 9.78 Å². The molecule has 0 saturated carbocycles. The van der Waals surface area contributed by atoms with Crippen LogP contribution in [0, 0.1) is 17.0 Å². The first kappa shape index (κ1) is 20.5. The number of thiazole rings is 1. The molecule has 0 aliphatic carbocycles. The van der Waals surface area contributed by atoms with Gasteiger partial charge in [-0.3, -0.25) is 19.5 Å². The van der Waals surface area contributed by atoms with Gasteiger partial charge in [0.05, 0.1) is 27.1 Å². The van der Waals surface area contributed by atoms with Crippen LogP contribution in [0.25, 0.3) is 21.5 Å². The summed E-state index contributed by atoms with van der Waals surface area (Å²) in [6.45, 7) is 2.15. The number of anilines is 1. The molecule has 2 aromatic heterocycles. The molecule has 0 aliphatic heterocycles. The van der Waals surface area contributed by atoms with Gasteiger partial charge in [0, 0.05) is 19.0 Å². The number of rotatable bonds is 7. The zero-order valence-electron chi connectivity index (χ0n) is 16.5. The van der Waals surface area contributed by atoms with Crippen LogP contribution in [-0.4, -0.2) is 20.4 Å². The number of fused-ring (bicyclic) bond motifs is 1. The van der Waals surface area contributed by atoms with E-state index < -0.39 is 10.7 Å². The first-order valence-corrected chi connectivity index (χ1v) is 10.3. The summed E-state index contributed by atoms with van der Waals surface area (Å²) in [4.78, 5) is 40.2. The quantitative estimate of drug-likeness (QED) is 0.338. The Kier molecular flexibility index (Phi) is 5.63. The Morgan fingerprint density at radius 2 is 2.03 bits per heavy atom. The molecule has 0 unspecified atom stereocenters. The number of nitrogens with zero attached hydrogens (tertiary/aromatic N) is 3. The van der Waals surface area contributed by atoms with Crippen LogP contribution >= 0.6 is 11.3 Å². The van der Waals surface area contributed by atoms with Gasteiger partial charge in [0.25, 0.3) is 5.69 Å². The van der Waals surface area contributed by atoms with Crippen LogP contribution in [0.1, 0.15) is 18.5 Å². The van der Waals surface area contributed by atoms with Gasteiger partial charge in [-0.05, 0) is 25.0 Å². The fourth-order valence-corrected chi connectivity index (χ4v) is 4.26. The van der Waals surface area contributed by atoms with E-state index in [1.807, 2.05) is 37.3 Å². The third-order valence-corrected chi connectivity index (χ3v) is 5.85. The summed E-state index contributed by atoms with van der Waals surface area (Å²) >= 11 is 1.41. The summed E-state index contributed by atoms with van der Waals surface area (Å²) < 4.78 is 6.46. The average Bonchev–Trinajstić information content (AvgIpc) is 3.27. The molecule has 0 aliphatic rings.